The highest BCUT2D eigenvalue weighted by Gasteiger charge is 2.32. The lowest BCUT2D eigenvalue weighted by Crippen LogP contribution is -2.34. The Morgan fingerprint density at radius 3 is 2.97 bits per heavy atom. The van der Waals surface area contributed by atoms with Gasteiger partial charge in [0.05, 0.1) is 6.20 Å². The Hall–Kier alpha value is -3.04. The van der Waals surface area contributed by atoms with E-state index in [4.69, 9.17) is 15.2 Å². The molecule has 3 aromatic rings. The number of rotatable bonds is 7. The molecule has 1 saturated heterocycles. The Labute approximate surface area is 182 Å². The van der Waals surface area contributed by atoms with Gasteiger partial charge in [-0.3, -0.25) is 9.13 Å². The first-order valence-electron chi connectivity index (χ1n) is 10.7. The number of nitrogens with two attached hydrogens (primary N) is 1. The lowest BCUT2D eigenvalue weighted by molar-refractivity contribution is 0.174. The van der Waals surface area contributed by atoms with E-state index < -0.39 is 0 Å². The maximum absolute atomic E-state index is 6.36. The van der Waals surface area contributed by atoms with Gasteiger partial charge in [0, 0.05) is 51.2 Å². The molecule has 0 saturated carbocycles. The lowest BCUT2D eigenvalue weighted by Gasteiger charge is -2.28. The Morgan fingerprint density at radius 1 is 1.26 bits per heavy atom. The average Bonchev–Trinajstić information content (AvgIpc) is 3.53. The number of nitrogens with zero attached hydrogens (tertiary/aromatic N) is 6. The molecular formula is C22H29N7O2. The summed E-state index contributed by atoms with van der Waals surface area (Å²) in [6.07, 6.45) is 9.41. The van der Waals surface area contributed by atoms with E-state index in [2.05, 4.69) is 43.5 Å². The van der Waals surface area contributed by atoms with Crippen LogP contribution < -0.4 is 20.1 Å². The molecule has 2 unspecified atom stereocenters. The summed E-state index contributed by atoms with van der Waals surface area (Å²) >= 11 is 0. The van der Waals surface area contributed by atoms with Crippen LogP contribution in [0.5, 0.6) is 11.5 Å². The van der Waals surface area contributed by atoms with Gasteiger partial charge in [0.1, 0.15) is 12.1 Å². The molecule has 1 aromatic carbocycles. The van der Waals surface area contributed by atoms with Gasteiger partial charge in [-0.25, -0.2) is 9.97 Å². The molecule has 0 radical (unpaired) electrons. The second-order valence-corrected chi connectivity index (χ2v) is 8.46. The van der Waals surface area contributed by atoms with Crippen molar-refractivity contribution in [3.05, 3.63) is 48.7 Å². The number of benzene rings is 1. The van der Waals surface area contributed by atoms with Gasteiger partial charge in [-0.15, -0.1) is 0 Å². The topological polar surface area (TPSA) is 86.6 Å². The molecule has 4 heterocycles. The van der Waals surface area contributed by atoms with Crippen molar-refractivity contribution >= 4 is 5.82 Å². The van der Waals surface area contributed by atoms with Crippen molar-refractivity contribution in [2.75, 3.05) is 31.8 Å². The monoisotopic (exact) mass is 423 g/mol. The zero-order valence-corrected chi connectivity index (χ0v) is 18.0. The standard InChI is InChI=1S/C22H29N7O2/c1-26(12-16-3-4-19-20(9-16)31-15-30-19)7-5-18-10-17(23)13-29(18)21-11-25-22(27(21)2)28-8-6-24-14-28/h3-4,6,8-9,11,14,17-18H,5,7,10,12-13,15,23H2,1-2H3. The third-order valence-electron chi connectivity index (χ3n) is 6.15. The molecule has 2 N–H and O–H groups in total. The van der Waals surface area contributed by atoms with Crippen LogP contribution >= 0.6 is 0 Å². The van der Waals surface area contributed by atoms with Crippen molar-refractivity contribution in [1.82, 2.24) is 24.0 Å². The van der Waals surface area contributed by atoms with Crippen LogP contribution in [0.4, 0.5) is 5.82 Å². The van der Waals surface area contributed by atoms with Gasteiger partial charge in [-0.1, -0.05) is 6.07 Å². The van der Waals surface area contributed by atoms with E-state index in [0.29, 0.717) is 12.8 Å². The molecule has 2 aliphatic rings. The minimum atomic E-state index is 0.177. The van der Waals surface area contributed by atoms with Gasteiger partial charge < -0.3 is 25.0 Å². The number of ether oxygens (including phenoxy) is 2. The molecule has 9 nitrogen and oxygen atoms in total. The number of anilines is 1. The van der Waals surface area contributed by atoms with Crippen LogP contribution in [0.15, 0.2) is 43.1 Å². The van der Waals surface area contributed by atoms with E-state index in [9.17, 15) is 0 Å². The fraction of sp³-hybridized carbons (Fsp3) is 0.455. The quantitative estimate of drug-likeness (QED) is 0.620. The number of hydrogen-bond donors (Lipinski definition) is 1. The molecule has 2 aromatic heterocycles. The van der Waals surface area contributed by atoms with E-state index >= 15 is 0 Å². The molecule has 0 aliphatic carbocycles. The first kappa shape index (κ1) is 19.9. The second-order valence-electron chi connectivity index (χ2n) is 8.46. The molecule has 0 amide bonds. The maximum Gasteiger partial charge on any atom is 0.231 e. The van der Waals surface area contributed by atoms with Crippen LogP contribution in [0.2, 0.25) is 0 Å². The van der Waals surface area contributed by atoms with E-state index in [1.54, 1.807) is 12.5 Å². The van der Waals surface area contributed by atoms with Crippen molar-refractivity contribution in [1.29, 1.82) is 0 Å². The first-order chi connectivity index (χ1) is 15.1. The summed E-state index contributed by atoms with van der Waals surface area (Å²) in [5.74, 6) is 3.61. The maximum atomic E-state index is 6.36. The van der Waals surface area contributed by atoms with Gasteiger partial charge in [0.25, 0.3) is 0 Å². The Bertz CT molecular complexity index is 1030. The summed E-state index contributed by atoms with van der Waals surface area (Å²) in [6, 6.07) is 6.73. The zero-order chi connectivity index (χ0) is 21.4. The molecule has 5 rings (SSSR count). The van der Waals surface area contributed by atoms with Gasteiger partial charge in [0.2, 0.25) is 12.7 Å². The summed E-state index contributed by atoms with van der Waals surface area (Å²) < 4.78 is 14.9. The van der Waals surface area contributed by atoms with E-state index in [0.717, 1.165) is 55.7 Å². The highest BCUT2D eigenvalue weighted by molar-refractivity contribution is 5.46. The van der Waals surface area contributed by atoms with E-state index in [-0.39, 0.29) is 6.04 Å². The summed E-state index contributed by atoms with van der Waals surface area (Å²) in [5, 5.41) is 0. The normalized spacial score (nSPS) is 20.2. The van der Waals surface area contributed by atoms with E-state index in [1.165, 1.54) is 5.56 Å². The summed E-state index contributed by atoms with van der Waals surface area (Å²) in [5.41, 5.74) is 7.59. The highest BCUT2D eigenvalue weighted by atomic mass is 16.7. The third kappa shape index (κ3) is 3.98. The van der Waals surface area contributed by atoms with Crippen LogP contribution in [-0.2, 0) is 13.6 Å². The van der Waals surface area contributed by atoms with Crippen LogP contribution in [0, 0.1) is 0 Å². The average molecular weight is 424 g/mol. The minimum absolute atomic E-state index is 0.177. The molecular weight excluding hydrogens is 394 g/mol. The molecule has 2 atom stereocenters. The van der Waals surface area contributed by atoms with E-state index in [1.807, 2.05) is 30.1 Å². The van der Waals surface area contributed by atoms with Crippen molar-refractivity contribution in [3.63, 3.8) is 0 Å². The molecule has 0 spiro atoms. The predicted octanol–water partition coefficient (Wildman–Crippen LogP) is 1.76. The fourth-order valence-corrected chi connectivity index (χ4v) is 4.58. The van der Waals surface area contributed by atoms with Crippen LogP contribution in [-0.4, -0.2) is 63.0 Å². The first-order valence-corrected chi connectivity index (χ1v) is 10.7. The Kier molecular flexibility index (Phi) is 5.29. The summed E-state index contributed by atoms with van der Waals surface area (Å²) in [7, 11) is 4.20. The zero-order valence-electron chi connectivity index (χ0n) is 18.0. The third-order valence-corrected chi connectivity index (χ3v) is 6.15. The molecule has 1 fully saturated rings. The minimum Gasteiger partial charge on any atom is -0.454 e. The van der Waals surface area contributed by atoms with Gasteiger partial charge in [-0.05, 0) is 37.6 Å². The molecule has 9 heteroatoms. The predicted molar refractivity (Wildman–Crippen MR) is 118 cm³/mol. The van der Waals surface area contributed by atoms with Gasteiger partial charge >= 0.3 is 0 Å². The molecule has 31 heavy (non-hydrogen) atoms. The van der Waals surface area contributed by atoms with Crippen molar-refractivity contribution in [2.45, 2.75) is 31.5 Å². The highest BCUT2D eigenvalue weighted by Crippen LogP contribution is 2.33. The smallest absolute Gasteiger partial charge is 0.231 e. The largest absolute Gasteiger partial charge is 0.454 e. The number of hydrogen-bond acceptors (Lipinski definition) is 7. The van der Waals surface area contributed by atoms with Crippen molar-refractivity contribution in [3.8, 4) is 17.4 Å². The fourth-order valence-electron chi connectivity index (χ4n) is 4.58. The molecule has 0 bridgehead atoms. The van der Waals surface area contributed by atoms with Crippen LogP contribution in [0.1, 0.15) is 18.4 Å². The SMILES string of the molecule is CN(CCC1CC(N)CN1c1cnc(-n2ccnc2)n1C)Cc1ccc2c(c1)OCO2. The molecule has 2 aliphatic heterocycles. The summed E-state index contributed by atoms with van der Waals surface area (Å²) in [4.78, 5) is 13.5. The molecule has 164 valence electrons. The van der Waals surface area contributed by atoms with Crippen molar-refractivity contribution < 1.29 is 9.47 Å². The van der Waals surface area contributed by atoms with Crippen LogP contribution in [0.25, 0.3) is 5.95 Å². The number of fused-ring (bicyclic) bond motifs is 1. The Morgan fingerprint density at radius 2 is 2.13 bits per heavy atom. The number of imidazole rings is 2. The van der Waals surface area contributed by atoms with Crippen LogP contribution in [0.3, 0.4) is 0 Å². The Balaban J connectivity index is 1.23. The van der Waals surface area contributed by atoms with Gasteiger partial charge in [0.15, 0.2) is 11.5 Å². The van der Waals surface area contributed by atoms with Crippen molar-refractivity contribution in [2.24, 2.45) is 12.8 Å². The second kappa shape index (κ2) is 8.24. The summed E-state index contributed by atoms with van der Waals surface area (Å²) in [6.45, 7) is 3.00. The number of aromatic nitrogens is 4. The van der Waals surface area contributed by atoms with Gasteiger partial charge in [-0.2, -0.15) is 0 Å². The lowest BCUT2D eigenvalue weighted by atomic mass is 10.1.